The molecule has 0 amide bonds. The van der Waals surface area contributed by atoms with Gasteiger partial charge >= 0.3 is 0 Å². The highest BCUT2D eigenvalue weighted by Gasteiger charge is 2.52. The number of ether oxygens (including phenoxy) is 1. The van der Waals surface area contributed by atoms with Gasteiger partial charge in [0.2, 0.25) is 28.1 Å². The zero-order chi connectivity index (χ0) is 11.1. The third-order valence-electron chi connectivity index (χ3n) is 2.14. The summed E-state index contributed by atoms with van der Waals surface area (Å²) in [6.45, 7) is 1.28. The summed E-state index contributed by atoms with van der Waals surface area (Å²) in [5.74, 6) is -4.38. The van der Waals surface area contributed by atoms with Gasteiger partial charge in [-0.1, -0.05) is 18.5 Å². The second kappa shape index (κ2) is 3.25. The lowest BCUT2D eigenvalue weighted by Crippen LogP contribution is -2.48. The summed E-state index contributed by atoms with van der Waals surface area (Å²) in [6, 6.07) is 0. The van der Waals surface area contributed by atoms with E-state index in [0.29, 0.717) is 0 Å². The molecule has 0 aromatic heterocycles. The van der Waals surface area contributed by atoms with Crippen LogP contribution < -0.4 is 0 Å². The molecule has 0 aliphatic heterocycles. The van der Waals surface area contributed by atoms with Crippen LogP contribution in [-0.4, -0.2) is 33.9 Å². The number of allylic oxidation sites excluding steroid dienone is 1. The van der Waals surface area contributed by atoms with Crippen LogP contribution in [0, 0.1) is 5.92 Å². The number of alkyl halides is 1. The van der Waals surface area contributed by atoms with Gasteiger partial charge in [-0.2, -0.15) is 0 Å². The standard InChI is InChI=1S/C8H9ClO5/c1-3-4(10)6(14-2)5(11)7(12)8(3,9)13/h3,11,13H,1-2H3. The van der Waals surface area contributed by atoms with Crippen molar-refractivity contribution in [2.75, 3.05) is 7.11 Å². The van der Waals surface area contributed by atoms with Crippen molar-refractivity contribution in [3.8, 4) is 0 Å². The minimum absolute atomic E-state index is 0.465. The number of aliphatic hydroxyl groups is 2. The summed E-state index contributed by atoms with van der Waals surface area (Å²) in [4.78, 5) is 22.6. The van der Waals surface area contributed by atoms with Gasteiger partial charge in [-0.05, 0) is 0 Å². The van der Waals surface area contributed by atoms with Gasteiger partial charge in [-0.25, -0.2) is 0 Å². The molecule has 0 radical (unpaired) electrons. The van der Waals surface area contributed by atoms with Gasteiger partial charge in [-0.3, -0.25) is 9.59 Å². The predicted octanol–water partition coefficient (Wildman–Crippen LogP) is 0.118. The van der Waals surface area contributed by atoms with E-state index >= 15 is 0 Å². The number of methoxy groups -OCH3 is 1. The number of rotatable bonds is 1. The fourth-order valence-corrected chi connectivity index (χ4v) is 1.34. The molecular weight excluding hydrogens is 212 g/mol. The second-order valence-electron chi connectivity index (χ2n) is 2.97. The largest absolute Gasteiger partial charge is 0.502 e. The fraction of sp³-hybridized carbons (Fsp3) is 0.500. The number of Topliss-reactive ketones (excluding diaryl/α,β-unsaturated/α-hetero) is 2. The number of aliphatic hydroxyl groups excluding tert-OH is 1. The number of ketones is 2. The van der Waals surface area contributed by atoms with Crippen molar-refractivity contribution in [2.24, 2.45) is 5.92 Å². The molecule has 1 rings (SSSR count). The van der Waals surface area contributed by atoms with Crippen LogP contribution in [0.3, 0.4) is 0 Å². The Bertz CT molecular complexity index is 331. The van der Waals surface area contributed by atoms with Crippen molar-refractivity contribution >= 4 is 23.2 Å². The van der Waals surface area contributed by atoms with Crippen molar-refractivity contribution in [3.05, 3.63) is 11.5 Å². The molecule has 0 heterocycles. The van der Waals surface area contributed by atoms with Gasteiger partial charge in [0, 0.05) is 0 Å². The smallest absolute Gasteiger partial charge is 0.248 e. The maximum atomic E-state index is 11.4. The van der Waals surface area contributed by atoms with Crippen LogP contribution in [0.15, 0.2) is 11.5 Å². The molecule has 5 nitrogen and oxygen atoms in total. The van der Waals surface area contributed by atoms with Crippen molar-refractivity contribution in [3.63, 3.8) is 0 Å². The summed E-state index contributed by atoms with van der Waals surface area (Å²) >= 11 is 5.42. The average molecular weight is 221 g/mol. The van der Waals surface area contributed by atoms with Crippen LogP contribution in [0.4, 0.5) is 0 Å². The van der Waals surface area contributed by atoms with Crippen LogP contribution in [-0.2, 0) is 14.3 Å². The molecule has 1 aliphatic rings. The predicted molar refractivity (Wildman–Crippen MR) is 46.6 cm³/mol. The first kappa shape index (κ1) is 11.0. The molecule has 2 atom stereocenters. The van der Waals surface area contributed by atoms with E-state index in [1.165, 1.54) is 6.92 Å². The van der Waals surface area contributed by atoms with Crippen LogP contribution in [0.1, 0.15) is 6.92 Å². The number of carbonyl (C=O) groups excluding carboxylic acids is 2. The van der Waals surface area contributed by atoms with E-state index < -0.39 is 34.1 Å². The molecule has 1 aliphatic carbocycles. The van der Waals surface area contributed by atoms with Gasteiger partial charge in [0.1, 0.15) is 0 Å². The van der Waals surface area contributed by atoms with Crippen LogP contribution in [0.5, 0.6) is 0 Å². The SMILES string of the molecule is COC1=C(O)C(=O)C(O)(Cl)C(C)C1=O. The molecule has 0 aromatic carbocycles. The molecule has 0 saturated heterocycles. The van der Waals surface area contributed by atoms with Crippen LogP contribution >= 0.6 is 11.6 Å². The molecule has 14 heavy (non-hydrogen) atoms. The minimum atomic E-state index is -2.39. The summed E-state index contributed by atoms with van der Waals surface area (Å²) in [6.07, 6.45) is 0. The van der Waals surface area contributed by atoms with Crippen LogP contribution in [0.2, 0.25) is 0 Å². The second-order valence-corrected chi connectivity index (χ2v) is 3.55. The quantitative estimate of drug-likeness (QED) is 0.613. The Morgan fingerprint density at radius 3 is 2.43 bits per heavy atom. The van der Waals surface area contributed by atoms with E-state index in [4.69, 9.17) is 11.6 Å². The lowest BCUT2D eigenvalue weighted by molar-refractivity contribution is -0.143. The monoisotopic (exact) mass is 220 g/mol. The Balaban J connectivity index is 3.31. The Labute approximate surface area is 84.9 Å². The van der Waals surface area contributed by atoms with Crippen molar-refractivity contribution in [2.45, 2.75) is 12.0 Å². The summed E-state index contributed by atoms with van der Waals surface area (Å²) < 4.78 is 4.54. The lowest BCUT2D eigenvalue weighted by Gasteiger charge is -2.29. The number of hydrogen-bond acceptors (Lipinski definition) is 5. The average Bonchev–Trinajstić information content (AvgIpc) is 2.14. The number of halogens is 1. The zero-order valence-corrected chi connectivity index (χ0v) is 8.33. The molecule has 0 fully saturated rings. The summed E-state index contributed by atoms with van der Waals surface area (Å²) in [5.41, 5.74) is 0. The molecule has 0 aromatic rings. The Morgan fingerprint density at radius 1 is 1.50 bits per heavy atom. The normalized spacial score (nSPS) is 33.6. The third-order valence-corrected chi connectivity index (χ3v) is 2.64. The van der Waals surface area contributed by atoms with Crippen LogP contribution in [0.25, 0.3) is 0 Å². The molecule has 2 N–H and O–H groups in total. The van der Waals surface area contributed by atoms with E-state index in [0.717, 1.165) is 7.11 Å². The van der Waals surface area contributed by atoms with Crippen molar-refractivity contribution < 1.29 is 24.5 Å². The Morgan fingerprint density at radius 2 is 2.00 bits per heavy atom. The molecular formula is C8H9ClO5. The maximum absolute atomic E-state index is 11.4. The van der Waals surface area contributed by atoms with Crippen molar-refractivity contribution in [1.82, 2.24) is 0 Å². The highest BCUT2D eigenvalue weighted by molar-refractivity contribution is 6.39. The topological polar surface area (TPSA) is 83.8 Å². The third kappa shape index (κ3) is 1.29. The van der Waals surface area contributed by atoms with Gasteiger partial charge in [0.25, 0.3) is 0 Å². The van der Waals surface area contributed by atoms with E-state index in [1.54, 1.807) is 0 Å². The van der Waals surface area contributed by atoms with E-state index in [1.807, 2.05) is 0 Å². The Kier molecular flexibility index (Phi) is 2.56. The molecule has 0 spiro atoms. The zero-order valence-electron chi connectivity index (χ0n) is 7.57. The van der Waals surface area contributed by atoms with Gasteiger partial charge in [0.15, 0.2) is 0 Å². The molecule has 0 bridgehead atoms. The first-order valence-electron chi connectivity index (χ1n) is 3.81. The highest BCUT2D eigenvalue weighted by atomic mass is 35.5. The van der Waals surface area contributed by atoms with Crippen molar-refractivity contribution in [1.29, 1.82) is 0 Å². The summed E-state index contributed by atoms with van der Waals surface area (Å²) in [5, 5.41) is 16.2. The van der Waals surface area contributed by atoms with Gasteiger partial charge < -0.3 is 14.9 Å². The molecule has 2 unspecified atom stereocenters. The molecule has 78 valence electrons. The fourth-order valence-electron chi connectivity index (χ4n) is 1.15. The summed E-state index contributed by atoms with van der Waals surface area (Å²) in [7, 11) is 1.14. The first-order chi connectivity index (χ1) is 6.34. The minimum Gasteiger partial charge on any atom is -0.502 e. The maximum Gasteiger partial charge on any atom is 0.248 e. The molecule has 6 heteroatoms. The van der Waals surface area contributed by atoms with E-state index in [9.17, 15) is 19.8 Å². The lowest BCUT2D eigenvalue weighted by atomic mass is 9.88. The Hall–Kier alpha value is -1.07. The first-order valence-corrected chi connectivity index (χ1v) is 4.19. The molecule has 0 saturated carbocycles. The number of carbonyl (C=O) groups is 2. The van der Waals surface area contributed by atoms with E-state index in [-0.39, 0.29) is 0 Å². The number of hydrogen-bond donors (Lipinski definition) is 2. The highest BCUT2D eigenvalue weighted by Crippen LogP contribution is 2.34. The van der Waals surface area contributed by atoms with Gasteiger partial charge in [0.05, 0.1) is 13.0 Å². The van der Waals surface area contributed by atoms with Gasteiger partial charge in [-0.15, -0.1) is 0 Å². The van der Waals surface area contributed by atoms with E-state index in [2.05, 4.69) is 4.74 Å².